The van der Waals surface area contributed by atoms with Gasteiger partial charge in [0.1, 0.15) is 0 Å². The number of pyridine rings is 2. The van der Waals surface area contributed by atoms with Crippen LogP contribution in [-0.2, 0) is 19.6 Å². The molecule has 0 amide bonds. The van der Waals surface area contributed by atoms with Crippen molar-refractivity contribution in [1.82, 2.24) is 30.8 Å². The first kappa shape index (κ1) is 17.9. The van der Waals surface area contributed by atoms with Gasteiger partial charge in [-0.3, -0.25) is 14.9 Å². The molecule has 0 saturated carbocycles. The maximum absolute atomic E-state index is 4.66. The van der Waals surface area contributed by atoms with Crippen LogP contribution >= 0.6 is 0 Å². The molecule has 1 aliphatic rings. The van der Waals surface area contributed by atoms with Crippen LogP contribution in [0.5, 0.6) is 0 Å². The highest BCUT2D eigenvalue weighted by atomic mass is 15.2. The lowest BCUT2D eigenvalue weighted by molar-refractivity contribution is 0.270. The van der Waals surface area contributed by atoms with E-state index < -0.39 is 0 Å². The standard InChI is InChI=1S/C19H28N6/c1-2-7-23-17(4-1)14-20-8-11-25-12-9-21-15-18-5-3-6-19(24-18)16-22-10-13-25/h1-7,20-22H,8-16H2. The number of nitrogens with one attached hydrogen (secondary N) is 3. The van der Waals surface area contributed by atoms with Gasteiger partial charge < -0.3 is 16.0 Å². The molecule has 0 radical (unpaired) electrons. The largest absolute Gasteiger partial charge is 0.310 e. The summed E-state index contributed by atoms with van der Waals surface area (Å²) in [6.07, 6.45) is 1.84. The molecule has 2 aromatic rings. The summed E-state index contributed by atoms with van der Waals surface area (Å²) < 4.78 is 0. The average Bonchev–Trinajstić information content (AvgIpc) is 2.65. The Kier molecular flexibility index (Phi) is 7.32. The molecule has 3 heterocycles. The van der Waals surface area contributed by atoms with Crippen molar-refractivity contribution in [1.29, 1.82) is 0 Å². The predicted octanol–water partition coefficient (Wildman–Crippen LogP) is 0.761. The van der Waals surface area contributed by atoms with E-state index in [-0.39, 0.29) is 0 Å². The molecule has 6 heteroatoms. The average molecular weight is 340 g/mol. The van der Waals surface area contributed by atoms with Gasteiger partial charge in [0.25, 0.3) is 0 Å². The predicted molar refractivity (Wildman–Crippen MR) is 100 cm³/mol. The first-order valence-corrected chi connectivity index (χ1v) is 9.09. The summed E-state index contributed by atoms with van der Waals surface area (Å²) in [6.45, 7) is 8.55. The monoisotopic (exact) mass is 340 g/mol. The van der Waals surface area contributed by atoms with Crippen LogP contribution in [0.15, 0.2) is 42.6 Å². The summed E-state index contributed by atoms with van der Waals surface area (Å²) >= 11 is 0. The summed E-state index contributed by atoms with van der Waals surface area (Å²) in [5, 5.41) is 10.5. The summed E-state index contributed by atoms with van der Waals surface area (Å²) in [6, 6.07) is 12.3. The summed E-state index contributed by atoms with van der Waals surface area (Å²) in [4.78, 5) is 11.5. The number of nitrogens with zero attached hydrogens (tertiary/aromatic N) is 3. The van der Waals surface area contributed by atoms with Gasteiger partial charge in [0.2, 0.25) is 0 Å². The second kappa shape index (κ2) is 10.2. The molecule has 1 aliphatic heterocycles. The minimum atomic E-state index is 0.825. The molecule has 3 rings (SSSR count). The van der Waals surface area contributed by atoms with Gasteiger partial charge in [0.15, 0.2) is 0 Å². The van der Waals surface area contributed by atoms with Crippen molar-refractivity contribution in [2.24, 2.45) is 0 Å². The van der Waals surface area contributed by atoms with Gasteiger partial charge in [-0.15, -0.1) is 0 Å². The highest BCUT2D eigenvalue weighted by molar-refractivity contribution is 5.11. The highest BCUT2D eigenvalue weighted by Crippen LogP contribution is 2.00. The smallest absolute Gasteiger partial charge is 0.0545 e. The van der Waals surface area contributed by atoms with E-state index in [4.69, 9.17) is 0 Å². The molecule has 2 bridgehead atoms. The van der Waals surface area contributed by atoms with E-state index >= 15 is 0 Å². The molecule has 3 N–H and O–H groups in total. The second-order valence-corrected chi connectivity index (χ2v) is 6.31. The first-order chi connectivity index (χ1) is 12.4. The molecule has 2 aromatic heterocycles. The highest BCUT2D eigenvalue weighted by Gasteiger charge is 2.06. The zero-order valence-corrected chi connectivity index (χ0v) is 14.7. The summed E-state index contributed by atoms with van der Waals surface area (Å²) in [7, 11) is 0. The Balaban J connectivity index is 1.41. The SMILES string of the molecule is c1ccc(CNCCN2CCNCc3cccc(n3)CNCC2)nc1. The van der Waals surface area contributed by atoms with Crippen molar-refractivity contribution in [3.63, 3.8) is 0 Å². The molecule has 0 aliphatic carbocycles. The van der Waals surface area contributed by atoms with E-state index in [0.717, 1.165) is 76.0 Å². The van der Waals surface area contributed by atoms with Crippen molar-refractivity contribution in [3.05, 3.63) is 59.7 Å². The quantitative estimate of drug-likeness (QED) is 0.699. The van der Waals surface area contributed by atoms with E-state index in [9.17, 15) is 0 Å². The Morgan fingerprint density at radius 2 is 1.72 bits per heavy atom. The molecule has 0 saturated heterocycles. The molecule has 0 atom stereocenters. The van der Waals surface area contributed by atoms with Crippen LogP contribution in [0, 0.1) is 0 Å². The van der Waals surface area contributed by atoms with Crippen molar-refractivity contribution in [2.75, 3.05) is 39.3 Å². The minimum absolute atomic E-state index is 0.825. The van der Waals surface area contributed by atoms with Gasteiger partial charge in [-0.2, -0.15) is 0 Å². The fourth-order valence-electron chi connectivity index (χ4n) is 2.93. The minimum Gasteiger partial charge on any atom is -0.310 e. The number of fused-ring (bicyclic) bond motifs is 2. The maximum Gasteiger partial charge on any atom is 0.0545 e. The van der Waals surface area contributed by atoms with Gasteiger partial charge >= 0.3 is 0 Å². The van der Waals surface area contributed by atoms with E-state index in [1.54, 1.807) is 0 Å². The summed E-state index contributed by atoms with van der Waals surface area (Å²) in [5.41, 5.74) is 3.32. The molecule has 6 nitrogen and oxygen atoms in total. The van der Waals surface area contributed by atoms with E-state index in [0.29, 0.717) is 0 Å². The van der Waals surface area contributed by atoms with Crippen LogP contribution < -0.4 is 16.0 Å². The van der Waals surface area contributed by atoms with Crippen LogP contribution in [0.2, 0.25) is 0 Å². The molecule has 25 heavy (non-hydrogen) atoms. The normalized spacial score (nSPS) is 16.8. The molecular formula is C19H28N6. The maximum atomic E-state index is 4.66. The third-order valence-electron chi connectivity index (χ3n) is 4.32. The van der Waals surface area contributed by atoms with Crippen molar-refractivity contribution in [2.45, 2.75) is 19.6 Å². The van der Waals surface area contributed by atoms with Gasteiger partial charge in [-0.1, -0.05) is 12.1 Å². The van der Waals surface area contributed by atoms with Crippen molar-refractivity contribution < 1.29 is 0 Å². The zero-order valence-electron chi connectivity index (χ0n) is 14.7. The van der Waals surface area contributed by atoms with Gasteiger partial charge in [-0.25, -0.2) is 0 Å². The fourth-order valence-corrected chi connectivity index (χ4v) is 2.93. The Hall–Kier alpha value is -1.86. The summed E-state index contributed by atoms with van der Waals surface area (Å²) in [5.74, 6) is 0. The first-order valence-electron chi connectivity index (χ1n) is 9.09. The molecular weight excluding hydrogens is 312 g/mol. The number of rotatable bonds is 5. The fraction of sp³-hybridized carbons (Fsp3) is 0.474. The Morgan fingerprint density at radius 3 is 2.40 bits per heavy atom. The lowest BCUT2D eigenvalue weighted by Gasteiger charge is -2.23. The Bertz CT molecular complexity index is 591. The lowest BCUT2D eigenvalue weighted by atomic mass is 10.3. The van der Waals surface area contributed by atoms with Gasteiger partial charge in [-0.05, 0) is 24.3 Å². The van der Waals surface area contributed by atoms with E-state index in [2.05, 4.69) is 55.1 Å². The van der Waals surface area contributed by atoms with Crippen LogP contribution in [0.1, 0.15) is 17.1 Å². The Morgan fingerprint density at radius 1 is 0.960 bits per heavy atom. The lowest BCUT2D eigenvalue weighted by Crippen LogP contribution is -2.40. The Labute approximate surface area is 150 Å². The van der Waals surface area contributed by atoms with Crippen molar-refractivity contribution >= 4 is 0 Å². The van der Waals surface area contributed by atoms with Crippen LogP contribution in [-0.4, -0.2) is 54.1 Å². The van der Waals surface area contributed by atoms with E-state index in [1.165, 1.54) is 0 Å². The molecule has 0 fully saturated rings. The molecule has 0 spiro atoms. The third kappa shape index (κ3) is 6.51. The van der Waals surface area contributed by atoms with Crippen LogP contribution in [0.25, 0.3) is 0 Å². The van der Waals surface area contributed by atoms with E-state index in [1.807, 2.05) is 18.3 Å². The van der Waals surface area contributed by atoms with Crippen LogP contribution in [0.4, 0.5) is 0 Å². The number of hydrogen-bond donors (Lipinski definition) is 3. The molecule has 0 aromatic carbocycles. The van der Waals surface area contributed by atoms with Crippen molar-refractivity contribution in [3.8, 4) is 0 Å². The van der Waals surface area contributed by atoms with Crippen LogP contribution in [0.3, 0.4) is 0 Å². The molecule has 0 unspecified atom stereocenters. The topological polar surface area (TPSA) is 65.1 Å². The second-order valence-electron chi connectivity index (χ2n) is 6.31. The number of aromatic nitrogens is 2. The van der Waals surface area contributed by atoms with Gasteiger partial charge in [0, 0.05) is 65.1 Å². The zero-order chi connectivity index (χ0) is 17.2. The number of hydrogen-bond acceptors (Lipinski definition) is 6. The van der Waals surface area contributed by atoms with Gasteiger partial charge in [0.05, 0.1) is 17.1 Å². The third-order valence-corrected chi connectivity index (χ3v) is 4.32. The molecule has 134 valence electrons.